The predicted molar refractivity (Wildman–Crippen MR) is 155 cm³/mol. The van der Waals surface area contributed by atoms with Gasteiger partial charge in [-0.25, -0.2) is 9.97 Å². The number of nitrogens with one attached hydrogen (secondary N) is 2. The molecule has 0 radical (unpaired) electrons. The minimum absolute atomic E-state index is 0. The second kappa shape index (κ2) is 14.0. The number of benzene rings is 1. The van der Waals surface area contributed by atoms with Crippen LogP contribution >= 0.6 is 15.9 Å². The molecule has 2 aromatic rings. The first-order valence-electron chi connectivity index (χ1n) is 13.3. The van der Waals surface area contributed by atoms with E-state index in [4.69, 9.17) is 9.72 Å². The van der Waals surface area contributed by atoms with Gasteiger partial charge >= 0.3 is 0 Å². The van der Waals surface area contributed by atoms with Crippen LogP contribution < -0.4 is 15.4 Å². The summed E-state index contributed by atoms with van der Waals surface area (Å²) in [5, 5.41) is 6.42. The quantitative estimate of drug-likeness (QED) is 0.384. The van der Waals surface area contributed by atoms with Gasteiger partial charge in [-0.2, -0.15) is 0 Å². The number of halogens is 1. The Balaban J connectivity index is 0.00000400. The van der Waals surface area contributed by atoms with Gasteiger partial charge in [0.1, 0.15) is 11.5 Å². The Morgan fingerprint density at radius 3 is 2.53 bits per heavy atom. The summed E-state index contributed by atoms with van der Waals surface area (Å²) < 4.78 is 6.47. The van der Waals surface area contributed by atoms with E-state index in [9.17, 15) is 9.59 Å². The van der Waals surface area contributed by atoms with E-state index in [0.29, 0.717) is 41.2 Å². The van der Waals surface area contributed by atoms with Crippen LogP contribution in [0.1, 0.15) is 75.3 Å². The first kappa shape index (κ1) is 30.0. The number of Topliss-reactive ketones (excluding diaryl/α,β-unsaturated/α-hetero) is 1. The molecule has 1 aliphatic carbocycles. The van der Waals surface area contributed by atoms with Gasteiger partial charge in [0.25, 0.3) is 5.91 Å². The van der Waals surface area contributed by atoms with Crippen LogP contribution in [-0.2, 0) is 11.2 Å². The highest BCUT2D eigenvalue weighted by Crippen LogP contribution is 2.36. The highest BCUT2D eigenvalue weighted by Gasteiger charge is 2.27. The second-order valence-electron chi connectivity index (χ2n) is 10.5. The van der Waals surface area contributed by atoms with Crippen molar-refractivity contribution in [2.24, 2.45) is 11.8 Å². The number of amides is 1. The third-order valence-corrected chi connectivity index (χ3v) is 8.31. The Morgan fingerprint density at radius 1 is 1.13 bits per heavy atom. The number of piperidine rings is 1. The Bertz CT molecular complexity index is 1100. The molecular weight excluding hydrogens is 546 g/mol. The van der Waals surface area contributed by atoms with E-state index in [1.54, 1.807) is 32.4 Å². The van der Waals surface area contributed by atoms with E-state index in [1.165, 1.54) is 12.8 Å². The van der Waals surface area contributed by atoms with E-state index in [1.807, 2.05) is 6.07 Å². The lowest BCUT2D eigenvalue weighted by Gasteiger charge is -2.31. The molecule has 0 spiro atoms. The van der Waals surface area contributed by atoms with E-state index < -0.39 is 0 Å². The van der Waals surface area contributed by atoms with Gasteiger partial charge in [0.05, 0.1) is 23.0 Å². The molecule has 1 aromatic heterocycles. The third-order valence-electron chi connectivity index (χ3n) is 7.65. The van der Waals surface area contributed by atoms with Crippen molar-refractivity contribution in [3.05, 3.63) is 40.1 Å². The van der Waals surface area contributed by atoms with Gasteiger partial charge < -0.3 is 25.1 Å². The zero-order chi connectivity index (χ0) is 26.4. The molecule has 2 N–H and O–H groups in total. The first-order valence-corrected chi connectivity index (χ1v) is 14.1. The molecule has 8 nitrogen and oxygen atoms in total. The summed E-state index contributed by atoms with van der Waals surface area (Å²) in [4.78, 5) is 36.2. The number of hydrogen-bond donors (Lipinski definition) is 2. The van der Waals surface area contributed by atoms with E-state index in [0.717, 1.165) is 55.4 Å². The number of ketones is 1. The van der Waals surface area contributed by atoms with Crippen molar-refractivity contribution in [3.63, 3.8) is 0 Å². The monoisotopic (exact) mass is 587 g/mol. The fraction of sp³-hybridized carbons (Fsp3) is 0.586. The maximum atomic E-state index is 12.8. The highest BCUT2D eigenvalue weighted by molar-refractivity contribution is 9.10. The number of likely N-dealkylation sites (tertiary alicyclic amines) is 1. The predicted octanol–water partition coefficient (Wildman–Crippen LogP) is 5.78. The third kappa shape index (κ3) is 7.99. The van der Waals surface area contributed by atoms with Gasteiger partial charge in [-0.05, 0) is 105 Å². The van der Waals surface area contributed by atoms with Crippen LogP contribution in [0.2, 0.25) is 0 Å². The average molecular weight is 589 g/mol. The average Bonchev–Trinajstić information content (AvgIpc) is 2.88. The van der Waals surface area contributed by atoms with Crippen LogP contribution in [0.5, 0.6) is 5.75 Å². The van der Waals surface area contributed by atoms with Gasteiger partial charge in [-0.1, -0.05) is 20.3 Å². The van der Waals surface area contributed by atoms with Crippen LogP contribution in [0, 0.1) is 11.8 Å². The largest absolute Gasteiger partial charge is 0.495 e. The SMILES string of the molecule is C.COc1cc(C(=O)NC2CCN(C)CC2)ccc1Nc1ncc(Br)c(C[C@@H]2CCCC[C@H]2CC(C)=O)n1. The number of anilines is 2. The van der Waals surface area contributed by atoms with E-state index in [2.05, 4.69) is 43.5 Å². The lowest BCUT2D eigenvalue weighted by Crippen LogP contribution is -2.43. The van der Waals surface area contributed by atoms with Gasteiger partial charge in [0.15, 0.2) is 0 Å². The fourth-order valence-corrected chi connectivity index (χ4v) is 5.88. The fourth-order valence-electron chi connectivity index (χ4n) is 5.52. The second-order valence-corrected chi connectivity index (χ2v) is 11.3. The lowest BCUT2D eigenvalue weighted by molar-refractivity contribution is -0.118. The van der Waals surface area contributed by atoms with Crippen molar-refractivity contribution in [2.45, 2.75) is 71.8 Å². The molecule has 2 heterocycles. The van der Waals surface area contributed by atoms with Crippen molar-refractivity contribution in [1.29, 1.82) is 0 Å². The summed E-state index contributed by atoms with van der Waals surface area (Å²) in [5.41, 5.74) is 2.19. The van der Waals surface area contributed by atoms with Crippen LogP contribution in [0.3, 0.4) is 0 Å². The summed E-state index contributed by atoms with van der Waals surface area (Å²) in [6.45, 7) is 3.67. The summed E-state index contributed by atoms with van der Waals surface area (Å²) in [5.74, 6) is 2.05. The lowest BCUT2D eigenvalue weighted by atomic mass is 9.75. The molecule has 2 aliphatic rings. The molecule has 2 fully saturated rings. The summed E-state index contributed by atoms with van der Waals surface area (Å²) >= 11 is 3.62. The Kier molecular flexibility index (Phi) is 11.1. The number of hydrogen-bond acceptors (Lipinski definition) is 7. The molecule has 2 atom stereocenters. The number of carbonyl (C=O) groups is 2. The van der Waals surface area contributed by atoms with Crippen LogP contribution in [0.15, 0.2) is 28.9 Å². The van der Waals surface area contributed by atoms with Gasteiger partial charge in [-0.3, -0.25) is 4.79 Å². The molecule has 1 saturated carbocycles. The molecule has 208 valence electrons. The smallest absolute Gasteiger partial charge is 0.251 e. The molecule has 4 rings (SSSR count). The minimum Gasteiger partial charge on any atom is -0.495 e. The Hall–Kier alpha value is -2.52. The van der Waals surface area contributed by atoms with Crippen molar-refractivity contribution >= 4 is 39.3 Å². The van der Waals surface area contributed by atoms with E-state index >= 15 is 0 Å². The minimum atomic E-state index is -0.0887. The molecule has 38 heavy (non-hydrogen) atoms. The van der Waals surface area contributed by atoms with Crippen molar-refractivity contribution in [3.8, 4) is 5.75 Å². The highest BCUT2D eigenvalue weighted by atomic mass is 79.9. The topological polar surface area (TPSA) is 96.5 Å². The molecule has 0 bridgehead atoms. The summed E-state index contributed by atoms with van der Waals surface area (Å²) in [6, 6.07) is 5.57. The zero-order valence-electron chi connectivity index (χ0n) is 22.1. The van der Waals surface area contributed by atoms with E-state index in [-0.39, 0.29) is 25.2 Å². The van der Waals surface area contributed by atoms with Crippen LogP contribution in [0.25, 0.3) is 0 Å². The van der Waals surface area contributed by atoms with Crippen LogP contribution in [-0.4, -0.2) is 59.8 Å². The van der Waals surface area contributed by atoms with Gasteiger partial charge in [-0.15, -0.1) is 0 Å². The number of methoxy groups -OCH3 is 1. The molecule has 9 heteroatoms. The molecule has 1 amide bonds. The number of aromatic nitrogens is 2. The summed E-state index contributed by atoms with van der Waals surface area (Å²) in [6.07, 6.45) is 9.75. The first-order chi connectivity index (χ1) is 17.8. The van der Waals surface area contributed by atoms with Crippen molar-refractivity contribution < 1.29 is 14.3 Å². The molecular formula is C29H42BrN5O3. The Labute approximate surface area is 235 Å². The number of ether oxygens (including phenoxy) is 1. The van der Waals surface area contributed by atoms with Crippen molar-refractivity contribution in [2.75, 3.05) is 32.6 Å². The maximum absolute atomic E-state index is 12.8. The van der Waals surface area contributed by atoms with Crippen molar-refractivity contribution in [1.82, 2.24) is 20.2 Å². The molecule has 1 aromatic carbocycles. The number of nitrogens with zero attached hydrogens (tertiary/aromatic N) is 3. The Morgan fingerprint density at radius 2 is 1.84 bits per heavy atom. The van der Waals surface area contributed by atoms with Gasteiger partial charge in [0.2, 0.25) is 5.95 Å². The normalized spacial score (nSPS) is 20.3. The number of rotatable bonds is 9. The number of carbonyl (C=O) groups excluding carboxylic acids is 2. The zero-order valence-corrected chi connectivity index (χ0v) is 23.6. The van der Waals surface area contributed by atoms with Gasteiger partial charge in [0, 0.05) is 24.2 Å². The summed E-state index contributed by atoms with van der Waals surface area (Å²) in [7, 11) is 3.69. The molecule has 1 saturated heterocycles. The van der Waals surface area contributed by atoms with Crippen LogP contribution in [0.4, 0.5) is 11.6 Å². The molecule has 1 aliphatic heterocycles. The standard InChI is InChI=1S/C28H38BrN5O3.CH4/c1-18(35)14-19-6-4-5-7-20(19)15-25-23(29)17-30-28(33-25)32-24-9-8-21(16-26(24)37-3)27(36)31-22-10-12-34(2)13-11-22;/h8-9,16-17,19-20,22H,4-7,10-15H2,1-3H3,(H,31,36)(H,30,32,33);1H4/t19-,20-;/m0./s1. The maximum Gasteiger partial charge on any atom is 0.251 e. The molecule has 0 unspecified atom stereocenters.